The van der Waals surface area contributed by atoms with Crippen LogP contribution in [0.1, 0.15) is 0 Å². The van der Waals surface area contributed by atoms with Crippen LogP contribution in [0.15, 0.2) is 42.5 Å². The van der Waals surface area contributed by atoms with Gasteiger partial charge in [0, 0.05) is 43.1 Å². The summed E-state index contributed by atoms with van der Waals surface area (Å²) < 4.78 is 15.3. The largest absolute Gasteiger partial charge is 0.524 e. The van der Waals surface area contributed by atoms with Gasteiger partial charge < -0.3 is 4.52 Å². The van der Waals surface area contributed by atoms with Crippen LogP contribution in [0, 0.1) is 0 Å². The van der Waals surface area contributed by atoms with E-state index in [2.05, 4.69) is 4.52 Å². The van der Waals surface area contributed by atoms with Gasteiger partial charge in [-0.15, -0.1) is 0 Å². The standard InChI is InChI=1S/C10H9O4P.Ca/c11-15(12,13)14-10-7-3-5-8-4-1-2-6-9(8)10;/h1-7H,(H2,11,12,13);. The van der Waals surface area contributed by atoms with Crippen LogP contribution in [0.2, 0.25) is 0 Å². The Morgan fingerprint density at radius 3 is 2.31 bits per heavy atom. The summed E-state index contributed by atoms with van der Waals surface area (Å²) in [5.41, 5.74) is 0. The van der Waals surface area contributed by atoms with E-state index < -0.39 is 7.82 Å². The Morgan fingerprint density at radius 1 is 1.00 bits per heavy atom. The SMILES string of the molecule is O=P(O)(O)Oc1cccc2ccccc12.[Ca]. The van der Waals surface area contributed by atoms with Crippen molar-refractivity contribution in [1.29, 1.82) is 0 Å². The van der Waals surface area contributed by atoms with Crippen molar-refractivity contribution in [2.45, 2.75) is 0 Å². The zero-order valence-electron chi connectivity index (χ0n) is 8.41. The van der Waals surface area contributed by atoms with Gasteiger partial charge in [0.15, 0.2) is 0 Å². The molecule has 0 spiro atoms. The van der Waals surface area contributed by atoms with E-state index in [0.717, 1.165) is 5.39 Å². The molecule has 16 heavy (non-hydrogen) atoms. The Kier molecular flexibility index (Phi) is 4.80. The molecule has 0 aliphatic carbocycles. The van der Waals surface area contributed by atoms with Crippen molar-refractivity contribution >= 4 is 56.3 Å². The molecule has 0 atom stereocenters. The molecule has 0 aliphatic rings. The van der Waals surface area contributed by atoms with Crippen molar-refractivity contribution in [2.24, 2.45) is 0 Å². The van der Waals surface area contributed by atoms with Crippen molar-refractivity contribution in [3.05, 3.63) is 42.5 Å². The number of phosphoric acid groups is 1. The molecule has 0 unspecified atom stereocenters. The predicted molar refractivity (Wildman–Crippen MR) is 62.4 cm³/mol. The van der Waals surface area contributed by atoms with Crippen LogP contribution >= 0.6 is 7.82 Å². The van der Waals surface area contributed by atoms with Crippen LogP contribution < -0.4 is 4.52 Å². The molecule has 0 saturated heterocycles. The zero-order valence-corrected chi connectivity index (χ0v) is 11.5. The van der Waals surface area contributed by atoms with Gasteiger partial charge in [0.1, 0.15) is 5.75 Å². The molecular formula is C10H9CaO4P. The van der Waals surface area contributed by atoms with E-state index in [1.165, 1.54) is 6.07 Å². The van der Waals surface area contributed by atoms with Crippen molar-refractivity contribution in [3.8, 4) is 5.75 Å². The number of rotatable bonds is 2. The average molecular weight is 264 g/mol. The van der Waals surface area contributed by atoms with Crippen LogP contribution in [0.4, 0.5) is 0 Å². The molecule has 0 fully saturated rings. The van der Waals surface area contributed by atoms with Gasteiger partial charge in [-0.05, 0) is 11.5 Å². The first-order valence-electron chi connectivity index (χ1n) is 4.29. The zero-order chi connectivity index (χ0) is 10.9. The third-order valence-electron chi connectivity index (χ3n) is 1.97. The first-order chi connectivity index (χ1) is 7.06. The van der Waals surface area contributed by atoms with Crippen LogP contribution in [0.3, 0.4) is 0 Å². The van der Waals surface area contributed by atoms with Crippen LogP contribution in [-0.4, -0.2) is 47.5 Å². The van der Waals surface area contributed by atoms with Crippen LogP contribution in [0.25, 0.3) is 10.8 Å². The Bertz CT molecular complexity index is 532. The first-order valence-corrected chi connectivity index (χ1v) is 5.82. The quantitative estimate of drug-likeness (QED) is 0.642. The van der Waals surface area contributed by atoms with Crippen molar-refractivity contribution in [3.63, 3.8) is 0 Å². The maximum atomic E-state index is 10.7. The number of benzene rings is 2. The molecule has 0 saturated carbocycles. The Labute approximate surface area is 122 Å². The molecule has 4 nitrogen and oxygen atoms in total. The summed E-state index contributed by atoms with van der Waals surface area (Å²) in [6.07, 6.45) is 0. The third-order valence-corrected chi connectivity index (χ3v) is 2.40. The molecule has 2 aromatic rings. The fourth-order valence-electron chi connectivity index (χ4n) is 1.40. The van der Waals surface area contributed by atoms with E-state index in [-0.39, 0.29) is 43.5 Å². The molecule has 6 heteroatoms. The topological polar surface area (TPSA) is 66.8 Å². The van der Waals surface area contributed by atoms with Crippen LogP contribution in [0.5, 0.6) is 5.75 Å². The molecule has 0 bridgehead atoms. The van der Waals surface area contributed by atoms with Crippen molar-refractivity contribution < 1.29 is 18.9 Å². The molecule has 2 rings (SSSR count). The number of fused-ring (bicyclic) bond motifs is 1. The van der Waals surface area contributed by atoms with Crippen LogP contribution in [-0.2, 0) is 4.57 Å². The van der Waals surface area contributed by atoms with Gasteiger partial charge in [0.2, 0.25) is 0 Å². The van der Waals surface area contributed by atoms with Gasteiger partial charge in [-0.2, -0.15) is 0 Å². The summed E-state index contributed by atoms with van der Waals surface area (Å²) in [6.45, 7) is 0. The number of phosphoric ester groups is 1. The summed E-state index contributed by atoms with van der Waals surface area (Å²) >= 11 is 0. The van der Waals surface area contributed by atoms with Gasteiger partial charge in [-0.1, -0.05) is 36.4 Å². The molecular weight excluding hydrogens is 255 g/mol. The second-order valence-corrected chi connectivity index (χ2v) is 4.22. The van der Waals surface area contributed by atoms with E-state index in [1.54, 1.807) is 18.2 Å². The van der Waals surface area contributed by atoms with Gasteiger partial charge in [-0.3, -0.25) is 9.79 Å². The monoisotopic (exact) mass is 264 g/mol. The molecule has 2 radical (unpaired) electrons. The summed E-state index contributed by atoms with van der Waals surface area (Å²) in [4.78, 5) is 17.4. The molecule has 0 aliphatic heterocycles. The molecule has 2 N–H and O–H groups in total. The van der Waals surface area contributed by atoms with Gasteiger partial charge in [0.25, 0.3) is 0 Å². The molecule has 80 valence electrons. The van der Waals surface area contributed by atoms with Crippen molar-refractivity contribution in [1.82, 2.24) is 0 Å². The molecule has 0 aromatic heterocycles. The number of hydrogen-bond donors (Lipinski definition) is 2. The first kappa shape index (κ1) is 14.0. The van der Waals surface area contributed by atoms with E-state index in [0.29, 0.717) is 5.39 Å². The fourth-order valence-corrected chi connectivity index (χ4v) is 1.82. The summed E-state index contributed by atoms with van der Waals surface area (Å²) in [6, 6.07) is 12.3. The minimum atomic E-state index is -4.49. The summed E-state index contributed by atoms with van der Waals surface area (Å²) in [7, 11) is -4.49. The molecule has 0 amide bonds. The summed E-state index contributed by atoms with van der Waals surface area (Å²) in [5.74, 6) is 0.196. The van der Waals surface area contributed by atoms with Gasteiger partial charge in [-0.25, -0.2) is 4.57 Å². The van der Waals surface area contributed by atoms with E-state index in [1.807, 2.05) is 18.2 Å². The number of hydrogen-bond acceptors (Lipinski definition) is 2. The predicted octanol–water partition coefficient (Wildman–Crippen LogP) is 1.93. The third kappa shape index (κ3) is 3.45. The minimum absolute atomic E-state index is 0. The maximum Gasteiger partial charge on any atom is 0.524 e. The van der Waals surface area contributed by atoms with E-state index >= 15 is 0 Å². The van der Waals surface area contributed by atoms with E-state index in [9.17, 15) is 4.57 Å². The second kappa shape index (κ2) is 5.50. The Morgan fingerprint density at radius 2 is 1.62 bits per heavy atom. The second-order valence-electron chi connectivity index (χ2n) is 3.06. The van der Waals surface area contributed by atoms with Gasteiger partial charge in [0.05, 0.1) is 0 Å². The normalized spacial score (nSPS) is 10.9. The van der Waals surface area contributed by atoms with Gasteiger partial charge >= 0.3 is 7.82 Å². The molecule has 2 aromatic carbocycles. The van der Waals surface area contributed by atoms with Crippen molar-refractivity contribution in [2.75, 3.05) is 0 Å². The Balaban J connectivity index is 0.00000128. The fraction of sp³-hybridized carbons (Fsp3) is 0. The summed E-state index contributed by atoms with van der Waals surface area (Å²) in [5, 5.41) is 1.56. The Hall–Kier alpha value is -0.0903. The molecule has 0 heterocycles. The smallest absolute Gasteiger partial charge is 0.404 e. The average Bonchev–Trinajstić information content (AvgIpc) is 2.16. The minimum Gasteiger partial charge on any atom is -0.404 e. The maximum absolute atomic E-state index is 10.7. The van der Waals surface area contributed by atoms with E-state index in [4.69, 9.17) is 9.79 Å².